The molecule has 18 heavy (non-hydrogen) atoms. The van der Waals surface area contributed by atoms with E-state index in [2.05, 4.69) is 9.97 Å². The number of nitrogens with zero attached hydrogens (tertiary/aromatic N) is 3. The average Bonchev–Trinajstić information content (AvgIpc) is 2.26. The second kappa shape index (κ2) is 6.36. The van der Waals surface area contributed by atoms with Crippen LogP contribution in [0, 0.1) is 0 Å². The van der Waals surface area contributed by atoms with Crippen LogP contribution in [0.1, 0.15) is 13.8 Å². The fourth-order valence-electron chi connectivity index (χ4n) is 1.40. The maximum atomic E-state index is 9.38. The van der Waals surface area contributed by atoms with E-state index >= 15 is 0 Å². The van der Waals surface area contributed by atoms with Crippen molar-refractivity contribution >= 4 is 11.8 Å². The summed E-state index contributed by atoms with van der Waals surface area (Å²) in [4.78, 5) is 9.68. The molecule has 7 nitrogen and oxygen atoms in total. The molecule has 1 rings (SSSR count). The number of hydrogen-bond donors (Lipinski definition) is 3. The minimum Gasteiger partial charge on any atom is -0.475 e. The zero-order chi connectivity index (χ0) is 13.7. The van der Waals surface area contributed by atoms with E-state index in [9.17, 15) is 5.11 Å². The fourth-order valence-corrected chi connectivity index (χ4v) is 1.40. The van der Waals surface area contributed by atoms with Gasteiger partial charge in [-0.2, -0.15) is 9.97 Å². The van der Waals surface area contributed by atoms with Gasteiger partial charge in [0.05, 0.1) is 18.8 Å². The van der Waals surface area contributed by atoms with Gasteiger partial charge in [0.2, 0.25) is 11.8 Å². The Bertz CT molecular complexity index is 387. The Morgan fingerprint density at radius 3 is 2.67 bits per heavy atom. The van der Waals surface area contributed by atoms with E-state index in [1.54, 1.807) is 18.0 Å². The Morgan fingerprint density at radius 1 is 1.44 bits per heavy atom. The van der Waals surface area contributed by atoms with Crippen LogP contribution in [0.5, 0.6) is 5.88 Å². The summed E-state index contributed by atoms with van der Waals surface area (Å²) in [5, 5.41) is 18.2. The first-order valence-electron chi connectivity index (χ1n) is 5.73. The first-order chi connectivity index (χ1) is 8.42. The van der Waals surface area contributed by atoms with E-state index in [1.807, 2.05) is 13.8 Å². The Balaban J connectivity index is 2.84. The Kier molecular flexibility index (Phi) is 5.11. The van der Waals surface area contributed by atoms with E-state index in [1.165, 1.54) is 0 Å². The molecule has 1 atom stereocenters. The van der Waals surface area contributed by atoms with Crippen molar-refractivity contribution in [3.63, 3.8) is 0 Å². The van der Waals surface area contributed by atoms with Gasteiger partial charge < -0.3 is 25.6 Å². The van der Waals surface area contributed by atoms with Gasteiger partial charge in [-0.15, -0.1) is 0 Å². The zero-order valence-corrected chi connectivity index (χ0v) is 10.9. The number of rotatable bonds is 6. The van der Waals surface area contributed by atoms with E-state index in [0.717, 1.165) is 0 Å². The first kappa shape index (κ1) is 14.5. The van der Waals surface area contributed by atoms with Crippen molar-refractivity contribution in [2.24, 2.45) is 0 Å². The highest BCUT2D eigenvalue weighted by atomic mass is 16.5. The number of anilines is 2. The SMILES string of the molecule is CC(C)Oc1cc(N(C)C[C@@H](O)CO)nc(N)n1. The van der Waals surface area contributed by atoms with Gasteiger partial charge in [0.1, 0.15) is 5.82 Å². The van der Waals surface area contributed by atoms with Crippen LogP contribution in [0.25, 0.3) is 0 Å². The van der Waals surface area contributed by atoms with Gasteiger partial charge in [-0.1, -0.05) is 0 Å². The van der Waals surface area contributed by atoms with Crippen LogP contribution >= 0.6 is 0 Å². The summed E-state index contributed by atoms with van der Waals surface area (Å²) in [6.07, 6.45) is -0.846. The monoisotopic (exact) mass is 256 g/mol. The molecule has 0 bridgehead atoms. The Hall–Kier alpha value is -1.60. The molecular formula is C11H20N4O3. The van der Waals surface area contributed by atoms with E-state index < -0.39 is 6.10 Å². The Labute approximate surface area is 106 Å². The van der Waals surface area contributed by atoms with Crippen LogP contribution < -0.4 is 15.4 Å². The lowest BCUT2D eigenvalue weighted by Gasteiger charge is -2.21. The third-order valence-corrected chi connectivity index (χ3v) is 2.15. The number of likely N-dealkylation sites (N-methyl/N-ethyl adjacent to an activating group) is 1. The molecule has 0 aliphatic heterocycles. The molecule has 1 aromatic heterocycles. The molecule has 0 aliphatic rings. The van der Waals surface area contributed by atoms with Crippen LogP contribution in [0.3, 0.4) is 0 Å². The van der Waals surface area contributed by atoms with Gasteiger partial charge in [0, 0.05) is 19.7 Å². The van der Waals surface area contributed by atoms with E-state index in [0.29, 0.717) is 11.7 Å². The molecule has 0 aliphatic carbocycles. The van der Waals surface area contributed by atoms with Gasteiger partial charge in [-0.05, 0) is 13.8 Å². The summed E-state index contributed by atoms with van der Waals surface area (Å²) in [5.41, 5.74) is 5.60. The van der Waals surface area contributed by atoms with Crippen molar-refractivity contribution in [1.29, 1.82) is 0 Å². The molecule has 0 saturated carbocycles. The largest absolute Gasteiger partial charge is 0.475 e. The maximum Gasteiger partial charge on any atom is 0.225 e. The second-order valence-electron chi connectivity index (χ2n) is 4.31. The molecule has 1 heterocycles. The van der Waals surface area contributed by atoms with Gasteiger partial charge >= 0.3 is 0 Å². The Morgan fingerprint density at radius 2 is 2.11 bits per heavy atom. The number of aliphatic hydroxyl groups is 2. The molecule has 0 saturated heterocycles. The van der Waals surface area contributed by atoms with Crippen LogP contribution in [-0.4, -0.2) is 52.6 Å². The average molecular weight is 256 g/mol. The number of nitrogens with two attached hydrogens (primary N) is 1. The lowest BCUT2D eigenvalue weighted by molar-refractivity contribution is 0.101. The van der Waals surface area contributed by atoms with Gasteiger partial charge in [0.25, 0.3) is 0 Å². The standard InChI is InChI=1S/C11H20N4O3/c1-7(2)18-10-4-9(13-11(12)14-10)15(3)5-8(17)6-16/h4,7-8,16-17H,5-6H2,1-3H3,(H2,12,13,14)/t8-/m1/s1. The number of hydrogen-bond acceptors (Lipinski definition) is 7. The van der Waals surface area contributed by atoms with E-state index in [4.69, 9.17) is 15.6 Å². The molecule has 0 aromatic carbocycles. The van der Waals surface area contributed by atoms with Crippen molar-refractivity contribution < 1.29 is 14.9 Å². The van der Waals surface area contributed by atoms with Crippen molar-refractivity contribution in [2.45, 2.75) is 26.1 Å². The molecule has 0 unspecified atom stereocenters. The highest BCUT2D eigenvalue weighted by Crippen LogP contribution is 2.18. The summed E-state index contributed by atoms with van der Waals surface area (Å²) in [7, 11) is 1.74. The molecule has 4 N–H and O–H groups in total. The lowest BCUT2D eigenvalue weighted by atomic mass is 10.3. The molecule has 7 heteroatoms. The molecule has 0 amide bonds. The normalized spacial score (nSPS) is 12.6. The number of aliphatic hydroxyl groups excluding tert-OH is 2. The minimum absolute atomic E-state index is 0.0134. The van der Waals surface area contributed by atoms with Gasteiger partial charge in [0.15, 0.2) is 0 Å². The van der Waals surface area contributed by atoms with Crippen molar-refractivity contribution in [1.82, 2.24) is 9.97 Å². The third-order valence-electron chi connectivity index (χ3n) is 2.15. The topological polar surface area (TPSA) is 105 Å². The summed E-state index contributed by atoms with van der Waals surface area (Å²) >= 11 is 0. The number of ether oxygens (including phenoxy) is 1. The number of aromatic nitrogens is 2. The molecule has 0 fully saturated rings. The molecule has 0 radical (unpaired) electrons. The summed E-state index contributed by atoms with van der Waals surface area (Å²) in [5.74, 6) is 1.02. The predicted molar refractivity (Wildman–Crippen MR) is 68.6 cm³/mol. The van der Waals surface area contributed by atoms with Crippen molar-refractivity contribution in [3.05, 3.63) is 6.07 Å². The fraction of sp³-hybridized carbons (Fsp3) is 0.636. The van der Waals surface area contributed by atoms with Crippen LogP contribution in [0.2, 0.25) is 0 Å². The van der Waals surface area contributed by atoms with E-state index in [-0.39, 0.29) is 25.2 Å². The maximum absolute atomic E-state index is 9.38. The smallest absolute Gasteiger partial charge is 0.225 e. The quantitative estimate of drug-likeness (QED) is 0.638. The molecule has 1 aromatic rings. The highest BCUT2D eigenvalue weighted by Gasteiger charge is 2.12. The summed E-state index contributed by atoms with van der Waals surface area (Å²) in [6, 6.07) is 1.64. The van der Waals surface area contributed by atoms with Crippen LogP contribution in [0.4, 0.5) is 11.8 Å². The second-order valence-corrected chi connectivity index (χ2v) is 4.31. The molecular weight excluding hydrogens is 236 g/mol. The van der Waals surface area contributed by atoms with Crippen molar-refractivity contribution in [3.8, 4) is 5.88 Å². The number of nitrogen functional groups attached to an aromatic ring is 1. The summed E-state index contributed by atoms with van der Waals surface area (Å²) in [6.45, 7) is 3.71. The predicted octanol–water partition coefficient (Wildman–Crippen LogP) is -0.365. The van der Waals surface area contributed by atoms with Crippen LogP contribution in [-0.2, 0) is 0 Å². The van der Waals surface area contributed by atoms with Gasteiger partial charge in [-0.25, -0.2) is 0 Å². The van der Waals surface area contributed by atoms with Crippen molar-refractivity contribution in [2.75, 3.05) is 30.8 Å². The van der Waals surface area contributed by atoms with Crippen LogP contribution in [0.15, 0.2) is 6.07 Å². The van der Waals surface area contributed by atoms with Gasteiger partial charge in [-0.3, -0.25) is 0 Å². The summed E-state index contributed by atoms with van der Waals surface area (Å²) < 4.78 is 5.45. The minimum atomic E-state index is -0.833. The lowest BCUT2D eigenvalue weighted by Crippen LogP contribution is -2.32. The third kappa shape index (κ3) is 4.34. The zero-order valence-electron chi connectivity index (χ0n) is 10.9. The highest BCUT2D eigenvalue weighted by molar-refractivity contribution is 5.44. The first-order valence-corrected chi connectivity index (χ1v) is 5.73. The molecule has 0 spiro atoms. The molecule has 102 valence electrons.